The van der Waals surface area contributed by atoms with E-state index in [4.69, 9.17) is 21.1 Å². The summed E-state index contributed by atoms with van der Waals surface area (Å²) in [6.45, 7) is 4.55. The second kappa shape index (κ2) is 6.84. The molecule has 0 amide bonds. The van der Waals surface area contributed by atoms with Crippen molar-refractivity contribution in [2.45, 2.75) is 48.3 Å². The fraction of sp³-hybridized carbons (Fsp3) is 0.667. The van der Waals surface area contributed by atoms with Gasteiger partial charge in [0.05, 0.1) is 23.3 Å². The third-order valence-corrected chi connectivity index (χ3v) is 5.55. The van der Waals surface area contributed by atoms with Gasteiger partial charge in [0.2, 0.25) is 0 Å². The largest absolute Gasteiger partial charge is 0.347 e. The van der Waals surface area contributed by atoms with E-state index in [9.17, 15) is 0 Å². The van der Waals surface area contributed by atoms with Crippen LogP contribution in [0.4, 0.5) is 0 Å². The van der Waals surface area contributed by atoms with Crippen LogP contribution in [0.2, 0.25) is 5.02 Å². The summed E-state index contributed by atoms with van der Waals surface area (Å²) in [7, 11) is 0. The Morgan fingerprint density at radius 2 is 2.24 bits per heavy atom. The Kier molecular flexibility index (Phi) is 5.07. The summed E-state index contributed by atoms with van der Waals surface area (Å²) in [5.74, 6) is -0.365. The number of rotatable bonds is 4. The second-order valence-electron chi connectivity index (χ2n) is 5.49. The molecule has 6 heteroatoms. The maximum Gasteiger partial charge on any atom is 0.169 e. The fourth-order valence-electron chi connectivity index (χ4n) is 3.08. The molecule has 1 saturated carbocycles. The Hall–Kier alpha value is -0.330. The fourth-order valence-corrected chi connectivity index (χ4v) is 4.49. The monoisotopic (exact) mass is 328 g/mol. The second-order valence-corrected chi connectivity index (χ2v) is 7.18. The van der Waals surface area contributed by atoms with Crippen LogP contribution in [0.25, 0.3) is 0 Å². The smallest absolute Gasteiger partial charge is 0.169 e. The standard InChI is InChI=1S/C15H21ClN2O2S/c1-2-17-12-5-6-15(19-7-8-20-15)9-13(12)21-14-4-3-11(16)10-18-14/h3-4,10,12-13,17H,2,5-9H2,1H3. The molecular formula is C15H21ClN2O2S. The zero-order valence-corrected chi connectivity index (χ0v) is 13.8. The molecule has 2 unspecified atom stereocenters. The molecule has 2 heterocycles. The van der Waals surface area contributed by atoms with Gasteiger partial charge < -0.3 is 14.8 Å². The van der Waals surface area contributed by atoms with Gasteiger partial charge in [-0.25, -0.2) is 4.98 Å². The van der Waals surface area contributed by atoms with E-state index in [2.05, 4.69) is 17.2 Å². The Morgan fingerprint density at radius 3 is 2.90 bits per heavy atom. The minimum absolute atomic E-state index is 0.365. The van der Waals surface area contributed by atoms with Crippen LogP contribution in [0.1, 0.15) is 26.2 Å². The summed E-state index contributed by atoms with van der Waals surface area (Å²) in [6, 6.07) is 4.34. The van der Waals surface area contributed by atoms with Gasteiger partial charge in [0.25, 0.3) is 0 Å². The molecule has 4 nitrogen and oxygen atoms in total. The topological polar surface area (TPSA) is 43.4 Å². The quantitative estimate of drug-likeness (QED) is 0.920. The lowest BCUT2D eigenvalue weighted by atomic mass is 9.89. The number of halogens is 1. The van der Waals surface area contributed by atoms with Crippen LogP contribution in [0.3, 0.4) is 0 Å². The minimum atomic E-state index is -0.365. The molecule has 2 fully saturated rings. The number of nitrogens with one attached hydrogen (secondary N) is 1. The van der Waals surface area contributed by atoms with Crippen LogP contribution in [-0.4, -0.2) is 41.8 Å². The van der Waals surface area contributed by atoms with Gasteiger partial charge in [-0.3, -0.25) is 0 Å². The summed E-state index contributed by atoms with van der Waals surface area (Å²) < 4.78 is 11.8. The molecular weight excluding hydrogens is 308 g/mol. The van der Waals surface area contributed by atoms with Gasteiger partial charge in [-0.05, 0) is 25.1 Å². The molecule has 1 N–H and O–H groups in total. The third-order valence-electron chi connectivity index (χ3n) is 4.05. The number of thioether (sulfide) groups is 1. The first-order chi connectivity index (χ1) is 10.2. The summed E-state index contributed by atoms with van der Waals surface area (Å²) in [4.78, 5) is 4.40. The van der Waals surface area contributed by atoms with Gasteiger partial charge in [0.15, 0.2) is 5.79 Å². The first-order valence-corrected chi connectivity index (χ1v) is 8.76. The van der Waals surface area contributed by atoms with Crippen molar-refractivity contribution in [3.05, 3.63) is 23.4 Å². The van der Waals surface area contributed by atoms with Crippen molar-refractivity contribution < 1.29 is 9.47 Å². The number of hydrogen-bond donors (Lipinski definition) is 1. The van der Waals surface area contributed by atoms with Crippen molar-refractivity contribution in [2.75, 3.05) is 19.8 Å². The molecule has 116 valence electrons. The summed E-state index contributed by atoms with van der Waals surface area (Å²) in [5.41, 5.74) is 0. The molecule has 1 aliphatic carbocycles. The number of ether oxygens (including phenoxy) is 2. The molecule has 2 atom stereocenters. The average Bonchev–Trinajstić information content (AvgIpc) is 2.93. The molecule has 1 spiro atoms. The number of hydrogen-bond acceptors (Lipinski definition) is 5. The summed E-state index contributed by atoms with van der Waals surface area (Å²) >= 11 is 7.70. The van der Waals surface area contributed by atoms with E-state index in [0.717, 1.165) is 30.8 Å². The normalized spacial score (nSPS) is 28.1. The van der Waals surface area contributed by atoms with Gasteiger partial charge >= 0.3 is 0 Å². The van der Waals surface area contributed by atoms with Crippen molar-refractivity contribution >= 4 is 23.4 Å². The molecule has 1 aliphatic heterocycles. The molecule has 21 heavy (non-hydrogen) atoms. The highest BCUT2D eigenvalue weighted by molar-refractivity contribution is 7.99. The van der Waals surface area contributed by atoms with Gasteiger partial charge in [0, 0.05) is 30.3 Å². The highest BCUT2D eigenvalue weighted by Gasteiger charge is 2.45. The van der Waals surface area contributed by atoms with Crippen molar-refractivity contribution in [1.29, 1.82) is 0 Å². The van der Waals surface area contributed by atoms with E-state index in [1.54, 1.807) is 18.0 Å². The summed E-state index contributed by atoms with van der Waals surface area (Å²) in [5, 5.41) is 5.65. The maximum absolute atomic E-state index is 5.91. The zero-order chi connectivity index (χ0) is 14.7. The highest BCUT2D eigenvalue weighted by atomic mass is 35.5. The van der Waals surface area contributed by atoms with E-state index in [-0.39, 0.29) is 5.79 Å². The van der Waals surface area contributed by atoms with Crippen LogP contribution < -0.4 is 5.32 Å². The first kappa shape index (κ1) is 15.6. The Morgan fingerprint density at radius 1 is 1.43 bits per heavy atom. The van der Waals surface area contributed by atoms with Gasteiger partial charge in [-0.1, -0.05) is 18.5 Å². The van der Waals surface area contributed by atoms with Crippen LogP contribution >= 0.6 is 23.4 Å². The lowest BCUT2D eigenvalue weighted by Crippen LogP contribution is -2.49. The third kappa shape index (κ3) is 3.71. The molecule has 0 radical (unpaired) electrons. The van der Waals surface area contributed by atoms with Crippen LogP contribution in [-0.2, 0) is 9.47 Å². The van der Waals surface area contributed by atoms with E-state index in [1.807, 2.05) is 12.1 Å². The minimum Gasteiger partial charge on any atom is -0.347 e. The lowest BCUT2D eigenvalue weighted by molar-refractivity contribution is -0.178. The predicted molar refractivity (Wildman–Crippen MR) is 84.8 cm³/mol. The van der Waals surface area contributed by atoms with Crippen LogP contribution in [0.15, 0.2) is 23.4 Å². The lowest BCUT2D eigenvalue weighted by Gasteiger charge is -2.40. The molecule has 1 saturated heterocycles. The van der Waals surface area contributed by atoms with Crippen molar-refractivity contribution in [1.82, 2.24) is 10.3 Å². The Balaban J connectivity index is 1.72. The van der Waals surface area contributed by atoms with E-state index in [0.29, 0.717) is 29.5 Å². The number of pyridine rings is 1. The molecule has 1 aromatic rings. The zero-order valence-electron chi connectivity index (χ0n) is 12.2. The first-order valence-electron chi connectivity index (χ1n) is 7.50. The van der Waals surface area contributed by atoms with Crippen molar-refractivity contribution in [3.63, 3.8) is 0 Å². The number of nitrogens with zero attached hydrogens (tertiary/aromatic N) is 1. The Labute approximate surface area is 134 Å². The van der Waals surface area contributed by atoms with Crippen LogP contribution in [0.5, 0.6) is 0 Å². The number of aromatic nitrogens is 1. The molecule has 0 aromatic carbocycles. The van der Waals surface area contributed by atoms with Crippen molar-refractivity contribution in [2.24, 2.45) is 0 Å². The molecule has 1 aromatic heterocycles. The Bertz CT molecular complexity index is 465. The SMILES string of the molecule is CCNC1CCC2(CC1Sc1ccc(Cl)cn1)OCCO2. The van der Waals surface area contributed by atoms with Crippen molar-refractivity contribution in [3.8, 4) is 0 Å². The van der Waals surface area contributed by atoms with E-state index >= 15 is 0 Å². The van der Waals surface area contributed by atoms with Gasteiger partial charge in [-0.2, -0.15) is 0 Å². The maximum atomic E-state index is 5.91. The highest BCUT2D eigenvalue weighted by Crippen LogP contribution is 2.42. The van der Waals surface area contributed by atoms with Gasteiger partial charge in [-0.15, -0.1) is 11.8 Å². The van der Waals surface area contributed by atoms with E-state index in [1.165, 1.54) is 0 Å². The molecule has 2 aliphatic rings. The van der Waals surface area contributed by atoms with Gasteiger partial charge in [0.1, 0.15) is 0 Å². The summed E-state index contributed by atoms with van der Waals surface area (Å²) in [6.07, 6.45) is 4.64. The predicted octanol–water partition coefficient (Wildman–Crippen LogP) is 3.10. The van der Waals surface area contributed by atoms with E-state index < -0.39 is 0 Å². The molecule has 3 rings (SSSR count). The van der Waals surface area contributed by atoms with Crippen LogP contribution in [0, 0.1) is 0 Å². The average molecular weight is 329 g/mol. The molecule has 0 bridgehead atoms.